The van der Waals surface area contributed by atoms with Crippen LogP contribution in [0.5, 0.6) is 11.5 Å². The van der Waals surface area contributed by atoms with Crippen LogP contribution in [0.25, 0.3) is 0 Å². The number of methoxy groups -OCH3 is 1. The van der Waals surface area contributed by atoms with E-state index in [2.05, 4.69) is 5.32 Å². The van der Waals surface area contributed by atoms with Gasteiger partial charge >= 0.3 is 0 Å². The van der Waals surface area contributed by atoms with Crippen molar-refractivity contribution in [2.75, 3.05) is 19.0 Å². The third kappa shape index (κ3) is 4.86. The van der Waals surface area contributed by atoms with Gasteiger partial charge in [-0.2, -0.15) is 0 Å². The highest BCUT2D eigenvalue weighted by Gasteiger charge is 2.18. The summed E-state index contributed by atoms with van der Waals surface area (Å²) in [5, 5.41) is 3.37. The minimum absolute atomic E-state index is 0.0657. The van der Waals surface area contributed by atoms with Crippen molar-refractivity contribution in [3.63, 3.8) is 0 Å². The van der Waals surface area contributed by atoms with Gasteiger partial charge in [-0.15, -0.1) is 0 Å². The first kappa shape index (κ1) is 20.5. The van der Waals surface area contributed by atoms with Crippen LogP contribution in [0.4, 0.5) is 5.69 Å². The van der Waals surface area contributed by atoms with E-state index < -0.39 is 11.8 Å². The highest BCUT2D eigenvalue weighted by molar-refractivity contribution is 6.44. The van der Waals surface area contributed by atoms with Crippen LogP contribution in [0, 0.1) is 0 Å². The number of amides is 2. The van der Waals surface area contributed by atoms with Crippen LogP contribution in [-0.4, -0.2) is 25.5 Å². The van der Waals surface area contributed by atoms with Crippen molar-refractivity contribution >= 4 is 63.9 Å². The van der Waals surface area contributed by atoms with Crippen molar-refractivity contribution in [2.45, 2.75) is 0 Å². The molecule has 138 valence electrons. The van der Waals surface area contributed by atoms with Gasteiger partial charge in [0.15, 0.2) is 18.1 Å². The highest BCUT2D eigenvalue weighted by Crippen LogP contribution is 2.37. The van der Waals surface area contributed by atoms with Crippen LogP contribution in [0.15, 0.2) is 24.3 Å². The summed E-state index contributed by atoms with van der Waals surface area (Å²) in [5.74, 6) is -0.952. The lowest BCUT2D eigenvalue weighted by Crippen LogP contribution is -2.20. The molecule has 0 spiro atoms. The van der Waals surface area contributed by atoms with E-state index >= 15 is 0 Å². The summed E-state index contributed by atoms with van der Waals surface area (Å²) < 4.78 is 10.4. The fourth-order valence-corrected chi connectivity index (χ4v) is 2.81. The van der Waals surface area contributed by atoms with E-state index in [0.717, 1.165) is 0 Å². The Morgan fingerprint density at radius 2 is 1.65 bits per heavy atom. The second kappa shape index (κ2) is 8.68. The van der Waals surface area contributed by atoms with Crippen molar-refractivity contribution in [2.24, 2.45) is 5.73 Å². The average molecular weight is 438 g/mol. The molecule has 0 aromatic heterocycles. The van der Waals surface area contributed by atoms with E-state index in [9.17, 15) is 9.59 Å². The largest absolute Gasteiger partial charge is 0.493 e. The highest BCUT2D eigenvalue weighted by atomic mass is 35.5. The van der Waals surface area contributed by atoms with Gasteiger partial charge in [-0.25, -0.2) is 0 Å². The fraction of sp³-hybridized carbons (Fsp3) is 0.125. The number of hydrogen-bond donors (Lipinski definition) is 2. The Hall–Kier alpha value is -1.86. The molecule has 6 nitrogen and oxygen atoms in total. The average Bonchev–Trinajstić information content (AvgIpc) is 2.57. The number of nitrogens with one attached hydrogen (secondary N) is 1. The van der Waals surface area contributed by atoms with Crippen molar-refractivity contribution in [1.29, 1.82) is 0 Å². The maximum atomic E-state index is 12.5. The molecule has 3 N–H and O–H groups in total. The number of carbonyl (C=O) groups is 2. The first-order chi connectivity index (χ1) is 12.2. The van der Waals surface area contributed by atoms with Crippen LogP contribution < -0.4 is 20.5 Å². The second-order valence-electron chi connectivity index (χ2n) is 4.94. The minimum Gasteiger partial charge on any atom is -0.493 e. The molecule has 0 aliphatic carbocycles. The zero-order valence-electron chi connectivity index (χ0n) is 13.2. The summed E-state index contributed by atoms with van der Waals surface area (Å²) in [6, 6.07) is 5.58. The molecule has 2 rings (SSSR count). The monoisotopic (exact) mass is 436 g/mol. The van der Waals surface area contributed by atoms with Gasteiger partial charge in [0, 0.05) is 5.56 Å². The predicted octanol–water partition coefficient (Wildman–Crippen LogP) is 4.43. The summed E-state index contributed by atoms with van der Waals surface area (Å²) in [4.78, 5) is 23.3. The molecule has 2 aromatic carbocycles. The van der Waals surface area contributed by atoms with Crippen molar-refractivity contribution < 1.29 is 19.1 Å². The number of primary amides is 1. The van der Waals surface area contributed by atoms with Gasteiger partial charge in [-0.1, -0.05) is 46.4 Å². The summed E-state index contributed by atoms with van der Waals surface area (Å²) in [7, 11) is 1.36. The number of halogens is 4. The van der Waals surface area contributed by atoms with Gasteiger partial charge in [0.25, 0.3) is 11.8 Å². The Kier molecular flexibility index (Phi) is 6.83. The Morgan fingerprint density at radius 3 is 2.27 bits per heavy atom. The molecule has 26 heavy (non-hydrogen) atoms. The second-order valence-corrected chi connectivity index (χ2v) is 6.57. The Bertz CT molecular complexity index is 874. The normalized spacial score (nSPS) is 10.3. The number of carbonyl (C=O) groups excluding carboxylic acids is 2. The van der Waals surface area contributed by atoms with Crippen molar-refractivity contribution in [3.8, 4) is 11.5 Å². The number of hydrogen-bond acceptors (Lipinski definition) is 4. The Labute approximate surface area is 169 Å². The maximum Gasteiger partial charge on any atom is 0.255 e. The molecular formula is C16H12Cl4N2O4. The molecule has 0 bridgehead atoms. The fourth-order valence-electron chi connectivity index (χ4n) is 1.95. The van der Waals surface area contributed by atoms with Gasteiger partial charge in [0.1, 0.15) is 0 Å². The zero-order valence-corrected chi connectivity index (χ0v) is 16.3. The van der Waals surface area contributed by atoms with Crippen molar-refractivity contribution in [1.82, 2.24) is 0 Å². The quantitative estimate of drug-likeness (QED) is 0.654. The standard InChI is InChI=1S/C16H12Cl4N2O4/c1-25-13-3-7(2-11(20)15(13)26-6-14(21)23)16(24)22-12-5-9(18)8(17)4-10(12)19/h2-5H,6H2,1H3,(H2,21,23)(H,22,24). The summed E-state index contributed by atoms with van der Waals surface area (Å²) in [6.45, 7) is -0.388. The van der Waals surface area contributed by atoms with Crippen LogP contribution in [0.2, 0.25) is 20.1 Å². The smallest absolute Gasteiger partial charge is 0.255 e. The molecule has 0 heterocycles. The summed E-state index contributed by atoms with van der Waals surface area (Å²) >= 11 is 24.0. The number of rotatable bonds is 6. The molecule has 0 fully saturated rings. The Balaban J connectivity index is 2.31. The van der Waals surface area contributed by atoms with Crippen molar-refractivity contribution in [3.05, 3.63) is 49.9 Å². The number of anilines is 1. The molecule has 10 heteroatoms. The van der Waals surface area contributed by atoms with Gasteiger partial charge in [0.2, 0.25) is 0 Å². The number of ether oxygens (including phenoxy) is 2. The molecule has 2 aromatic rings. The van der Waals surface area contributed by atoms with Crippen LogP contribution in [-0.2, 0) is 4.79 Å². The third-order valence-corrected chi connectivity index (χ3v) is 4.42. The molecule has 0 unspecified atom stereocenters. The van der Waals surface area contributed by atoms with Crippen LogP contribution >= 0.6 is 46.4 Å². The van der Waals surface area contributed by atoms with Crippen LogP contribution in [0.1, 0.15) is 10.4 Å². The molecular weight excluding hydrogens is 426 g/mol. The van der Waals surface area contributed by atoms with E-state index in [-0.39, 0.29) is 49.4 Å². The van der Waals surface area contributed by atoms with Gasteiger partial charge in [-0.05, 0) is 24.3 Å². The maximum absolute atomic E-state index is 12.5. The van der Waals surface area contributed by atoms with Gasteiger partial charge in [-0.3, -0.25) is 9.59 Å². The molecule has 0 saturated carbocycles. The molecule has 0 atom stereocenters. The SMILES string of the molecule is COc1cc(C(=O)Nc2cc(Cl)c(Cl)cc2Cl)cc(Cl)c1OCC(N)=O. The number of nitrogens with two attached hydrogens (primary N) is 1. The number of benzene rings is 2. The van der Waals surface area contributed by atoms with Gasteiger partial charge in [0.05, 0.1) is 32.9 Å². The van der Waals surface area contributed by atoms with E-state index in [0.29, 0.717) is 0 Å². The minimum atomic E-state index is -0.681. The molecule has 0 radical (unpaired) electrons. The molecule has 2 amide bonds. The molecule has 0 aliphatic rings. The third-order valence-electron chi connectivity index (χ3n) is 3.11. The summed E-state index contributed by atoms with van der Waals surface area (Å²) in [5.41, 5.74) is 5.48. The first-order valence-corrected chi connectivity index (χ1v) is 8.48. The lowest BCUT2D eigenvalue weighted by atomic mass is 10.1. The first-order valence-electron chi connectivity index (χ1n) is 6.97. The van der Waals surface area contributed by atoms with Crippen LogP contribution in [0.3, 0.4) is 0 Å². The van der Waals surface area contributed by atoms with Gasteiger partial charge < -0.3 is 20.5 Å². The predicted molar refractivity (Wildman–Crippen MR) is 102 cm³/mol. The molecule has 0 saturated heterocycles. The lowest BCUT2D eigenvalue weighted by molar-refractivity contribution is -0.119. The lowest BCUT2D eigenvalue weighted by Gasteiger charge is -2.14. The summed E-state index contributed by atoms with van der Waals surface area (Å²) in [6.07, 6.45) is 0. The van der Waals surface area contributed by atoms with E-state index in [4.69, 9.17) is 61.6 Å². The van der Waals surface area contributed by atoms with E-state index in [1.807, 2.05) is 0 Å². The van der Waals surface area contributed by atoms with E-state index in [1.54, 1.807) is 0 Å². The zero-order chi connectivity index (χ0) is 19.4. The Morgan fingerprint density at radius 1 is 1.00 bits per heavy atom. The molecule has 0 aliphatic heterocycles. The topological polar surface area (TPSA) is 90.7 Å². The van der Waals surface area contributed by atoms with E-state index in [1.165, 1.54) is 31.4 Å².